The van der Waals surface area contributed by atoms with E-state index in [1.54, 1.807) is 6.07 Å². The first-order chi connectivity index (χ1) is 7.04. The van der Waals surface area contributed by atoms with Crippen LogP contribution in [0.1, 0.15) is 5.56 Å². The Bertz CT molecular complexity index is 387. The van der Waals surface area contributed by atoms with E-state index < -0.39 is 6.04 Å². The van der Waals surface area contributed by atoms with E-state index in [0.29, 0.717) is 12.0 Å². The number of phenols is 2. The van der Waals surface area contributed by atoms with Crippen molar-refractivity contribution in [3.63, 3.8) is 0 Å². The predicted octanol–water partition coefficient (Wildman–Crippen LogP) is 0.723. The molecular formula is C11H13NO3. The summed E-state index contributed by atoms with van der Waals surface area (Å²) in [6, 6.07) is 3.68. The van der Waals surface area contributed by atoms with E-state index in [-0.39, 0.29) is 17.3 Å². The van der Waals surface area contributed by atoms with E-state index in [1.807, 2.05) is 0 Å². The van der Waals surface area contributed by atoms with Crippen LogP contribution in [-0.4, -0.2) is 22.0 Å². The number of phenolic OH excluding ortho intramolecular Hbond substituents is 2. The van der Waals surface area contributed by atoms with Crippen molar-refractivity contribution in [2.45, 2.75) is 12.5 Å². The molecule has 0 aliphatic rings. The van der Waals surface area contributed by atoms with Crippen molar-refractivity contribution in [2.75, 3.05) is 0 Å². The van der Waals surface area contributed by atoms with Crippen LogP contribution in [0.15, 0.2) is 30.9 Å². The van der Waals surface area contributed by atoms with Crippen molar-refractivity contribution in [3.05, 3.63) is 36.4 Å². The number of carbonyl (C=O) groups is 1. The van der Waals surface area contributed by atoms with Crippen LogP contribution in [0.5, 0.6) is 11.5 Å². The standard InChI is InChI=1S/C11H13NO3/c1-2-9(13)8(12)5-7-3-4-10(14)11(15)6-7/h2-4,6,8,14-15H,1,5,12H2. The van der Waals surface area contributed by atoms with Crippen LogP contribution in [0.3, 0.4) is 0 Å². The largest absolute Gasteiger partial charge is 0.504 e. The minimum absolute atomic E-state index is 0.192. The molecule has 0 aliphatic heterocycles. The van der Waals surface area contributed by atoms with Gasteiger partial charge in [-0.1, -0.05) is 12.6 Å². The normalized spacial score (nSPS) is 12.1. The fourth-order valence-corrected chi connectivity index (χ4v) is 1.20. The number of hydrogen-bond acceptors (Lipinski definition) is 4. The summed E-state index contributed by atoms with van der Waals surface area (Å²) in [6.45, 7) is 3.34. The number of nitrogens with two attached hydrogens (primary N) is 1. The van der Waals surface area contributed by atoms with Crippen LogP contribution in [0.4, 0.5) is 0 Å². The van der Waals surface area contributed by atoms with Gasteiger partial charge in [0.2, 0.25) is 0 Å². The Morgan fingerprint density at radius 2 is 2.13 bits per heavy atom. The second kappa shape index (κ2) is 4.61. The van der Waals surface area contributed by atoms with Gasteiger partial charge in [-0.3, -0.25) is 4.79 Å². The highest BCUT2D eigenvalue weighted by Crippen LogP contribution is 2.25. The molecule has 1 unspecified atom stereocenters. The Morgan fingerprint density at radius 3 is 2.67 bits per heavy atom. The molecule has 1 aromatic carbocycles. The van der Waals surface area contributed by atoms with Crippen LogP contribution < -0.4 is 5.73 Å². The van der Waals surface area contributed by atoms with Gasteiger partial charge in [-0.15, -0.1) is 0 Å². The van der Waals surface area contributed by atoms with Gasteiger partial charge in [0, 0.05) is 0 Å². The van der Waals surface area contributed by atoms with Gasteiger partial charge >= 0.3 is 0 Å². The van der Waals surface area contributed by atoms with Crippen molar-refractivity contribution in [1.82, 2.24) is 0 Å². The maximum Gasteiger partial charge on any atom is 0.172 e. The molecular weight excluding hydrogens is 194 g/mol. The lowest BCUT2D eigenvalue weighted by molar-refractivity contribution is -0.115. The molecule has 0 aliphatic carbocycles. The maximum atomic E-state index is 11.1. The molecule has 0 bridgehead atoms. The number of aromatic hydroxyl groups is 2. The molecule has 0 spiro atoms. The zero-order chi connectivity index (χ0) is 11.4. The smallest absolute Gasteiger partial charge is 0.172 e. The predicted molar refractivity (Wildman–Crippen MR) is 56.7 cm³/mol. The number of ketones is 1. The number of carbonyl (C=O) groups excluding carboxylic acids is 1. The fraction of sp³-hybridized carbons (Fsp3) is 0.182. The summed E-state index contributed by atoms with van der Waals surface area (Å²) in [6.07, 6.45) is 1.48. The molecule has 4 heteroatoms. The third-order valence-corrected chi connectivity index (χ3v) is 2.06. The second-order valence-corrected chi connectivity index (χ2v) is 3.24. The Morgan fingerprint density at radius 1 is 1.47 bits per heavy atom. The van der Waals surface area contributed by atoms with Crippen LogP contribution in [0.2, 0.25) is 0 Å². The summed E-state index contributed by atoms with van der Waals surface area (Å²) < 4.78 is 0. The Balaban J connectivity index is 2.77. The molecule has 1 atom stereocenters. The van der Waals surface area contributed by atoms with Gasteiger partial charge in [0.15, 0.2) is 17.3 Å². The summed E-state index contributed by atoms with van der Waals surface area (Å²) >= 11 is 0. The lowest BCUT2D eigenvalue weighted by Gasteiger charge is -2.08. The quantitative estimate of drug-likeness (QED) is 0.502. The van der Waals surface area contributed by atoms with Gasteiger partial charge in [-0.05, 0) is 30.2 Å². The van der Waals surface area contributed by atoms with Gasteiger partial charge in [0.25, 0.3) is 0 Å². The average Bonchev–Trinajstić information content (AvgIpc) is 2.22. The molecule has 1 aromatic rings. The van der Waals surface area contributed by atoms with Crippen molar-refractivity contribution in [3.8, 4) is 11.5 Å². The first-order valence-electron chi connectivity index (χ1n) is 4.47. The van der Waals surface area contributed by atoms with Gasteiger partial charge in [-0.25, -0.2) is 0 Å². The summed E-state index contributed by atoms with van der Waals surface area (Å²) in [4.78, 5) is 11.1. The molecule has 0 amide bonds. The van der Waals surface area contributed by atoms with Gasteiger partial charge in [0.05, 0.1) is 6.04 Å². The molecule has 0 aromatic heterocycles. The lowest BCUT2D eigenvalue weighted by Crippen LogP contribution is -2.31. The first-order valence-corrected chi connectivity index (χ1v) is 4.47. The molecule has 80 valence electrons. The van der Waals surface area contributed by atoms with Crippen molar-refractivity contribution >= 4 is 5.78 Å². The summed E-state index contributed by atoms with van der Waals surface area (Å²) in [5.41, 5.74) is 6.27. The SMILES string of the molecule is C=CC(=O)C(N)Cc1ccc(O)c(O)c1. The van der Waals surface area contributed by atoms with Crippen LogP contribution >= 0.6 is 0 Å². The molecule has 4 nitrogen and oxygen atoms in total. The minimum atomic E-state index is -0.661. The molecule has 0 heterocycles. The average molecular weight is 207 g/mol. The Kier molecular flexibility index (Phi) is 3.46. The highest BCUT2D eigenvalue weighted by molar-refractivity contribution is 5.93. The third-order valence-electron chi connectivity index (χ3n) is 2.06. The highest BCUT2D eigenvalue weighted by atomic mass is 16.3. The molecule has 15 heavy (non-hydrogen) atoms. The number of benzene rings is 1. The highest BCUT2D eigenvalue weighted by Gasteiger charge is 2.11. The van der Waals surface area contributed by atoms with E-state index in [2.05, 4.69) is 6.58 Å². The third kappa shape index (κ3) is 2.82. The lowest BCUT2D eigenvalue weighted by atomic mass is 10.0. The zero-order valence-electron chi connectivity index (χ0n) is 8.18. The van der Waals surface area contributed by atoms with Crippen LogP contribution in [0.25, 0.3) is 0 Å². The van der Waals surface area contributed by atoms with Crippen LogP contribution in [-0.2, 0) is 11.2 Å². The molecule has 0 saturated heterocycles. The first kappa shape index (κ1) is 11.3. The number of rotatable bonds is 4. The van der Waals surface area contributed by atoms with E-state index in [1.165, 1.54) is 18.2 Å². The molecule has 0 radical (unpaired) electrons. The summed E-state index contributed by atoms with van der Waals surface area (Å²) in [7, 11) is 0. The molecule has 4 N–H and O–H groups in total. The van der Waals surface area contributed by atoms with Gasteiger partial charge in [0.1, 0.15) is 0 Å². The molecule has 1 rings (SSSR count). The van der Waals surface area contributed by atoms with Crippen molar-refractivity contribution in [2.24, 2.45) is 5.73 Å². The van der Waals surface area contributed by atoms with Gasteiger partial charge in [-0.2, -0.15) is 0 Å². The van der Waals surface area contributed by atoms with E-state index in [0.717, 1.165) is 0 Å². The van der Waals surface area contributed by atoms with Gasteiger partial charge < -0.3 is 15.9 Å². The van der Waals surface area contributed by atoms with E-state index >= 15 is 0 Å². The maximum absolute atomic E-state index is 11.1. The molecule has 0 fully saturated rings. The molecule has 0 saturated carbocycles. The topological polar surface area (TPSA) is 83.6 Å². The Hall–Kier alpha value is -1.81. The number of hydrogen-bond donors (Lipinski definition) is 3. The van der Waals surface area contributed by atoms with Crippen molar-refractivity contribution in [1.29, 1.82) is 0 Å². The Labute approximate surface area is 87.7 Å². The summed E-state index contributed by atoms with van der Waals surface area (Å²) in [5.74, 6) is -0.657. The zero-order valence-corrected chi connectivity index (χ0v) is 8.18. The fourth-order valence-electron chi connectivity index (χ4n) is 1.20. The minimum Gasteiger partial charge on any atom is -0.504 e. The second-order valence-electron chi connectivity index (χ2n) is 3.24. The monoisotopic (exact) mass is 207 g/mol. The van der Waals surface area contributed by atoms with Crippen LogP contribution in [0, 0.1) is 0 Å². The summed E-state index contributed by atoms with van der Waals surface area (Å²) in [5, 5.41) is 18.3. The van der Waals surface area contributed by atoms with E-state index in [4.69, 9.17) is 10.8 Å². The van der Waals surface area contributed by atoms with Crippen molar-refractivity contribution < 1.29 is 15.0 Å². The van der Waals surface area contributed by atoms with E-state index in [9.17, 15) is 9.90 Å².